The highest BCUT2D eigenvalue weighted by Crippen LogP contribution is 2.27. The third kappa shape index (κ3) is 7.25. The molecule has 6 nitrogen and oxygen atoms in total. The van der Waals surface area contributed by atoms with Gasteiger partial charge in [-0.2, -0.15) is 11.8 Å². The van der Waals surface area contributed by atoms with Gasteiger partial charge in [0.1, 0.15) is 18.3 Å². The molecule has 3 aliphatic heterocycles. The van der Waals surface area contributed by atoms with E-state index in [1.54, 1.807) is 0 Å². The van der Waals surface area contributed by atoms with Gasteiger partial charge >= 0.3 is 0 Å². The predicted octanol–water partition coefficient (Wildman–Crippen LogP) is 0.972. The summed E-state index contributed by atoms with van der Waals surface area (Å²) in [4.78, 5) is 0. The van der Waals surface area contributed by atoms with E-state index in [1.165, 1.54) is 0 Å². The van der Waals surface area contributed by atoms with Crippen molar-refractivity contribution in [2.75, 3.05) is 71.0 Å². The van der Waals surface area contributed by atoms with Crippen molar-refractivity contribution in [1.29, 1.82) is 0 Å². The minimum atomic E-state index is -0.126. The van der Waals surface area contributed by atoms with Crippen LogP contribution in [0.25, 0.3) is 0 Å². The van der Waals surface area contributed by atoms with Crippen molar-refractivity contribution in [3.8, 4) is 0 Å². The zero-order valence-corrected chi connectivity index (χ0v) is 14.7. The van der Waals surface area contributed by atoms with Gasteiger partial charge < -0.3 is 28.4 Å². The van der Waals surface area contributed by atoms with Crippen LogP contribution in [0.5, 0.6) is 0 Å². The predicted molar refractivity (Wildman–Crippen MR) is 87.1 cm³/mol. The Labute approximate surface area is 142 Å². The Morgan fingerprint density at radius 1 is 0.826 bits per heavy atom. The second-order valence-corrected chi connectivity index (χ2v) is 7.82. The molecule has 23 heavy (non-hydrogen) atoms. The molecule has 134 valence electrons. The molecule has 3 rings (SSSR count). The van der Waals surface area contributed by atoms with E-state index in [-0.39, 0.29) is 23.7 Å². The zero-order valence-electron chi connectivity index (χ0n) is 13.9. The molecule has 3 aliphatic rings. The summed E-state index contributed by atoms with van der Waals surface area (Å²) in [6.07, 6.45) is 0.856. The minimum absolute atomic E-state index is 0.126. The molecule has 0 aromatic heterocycles. The van der Waals surface area contributed by atoms with Crippen molar-refractivity contribution in [1.82, 2.24) is 0 Å². The maximum atomic E-state index is 5.91. The molecule has 0 radical (unpaired) electrons. The number of hydrogen-bond donors (Lipinski definition) is 0. The fourth-order valence-corrected chi connectivity index (χ4v) is 3.17. The average Bonchev–Trinajstić information content (AvgIpc) is 3.35. The van der Waals surface area contributed by atoms with Gasteiger partial charge in [0.25, 0.3) is 0 Å². The molecule has 3 fully saturated rings. The molecule has 0 N–H and O–H groups in total. The second kappa shape index (κ2) is 8.99. The standard InChI is InChI=1S/C16H28O6S/c1-2-23-12-16(9-17-3-13-6-20-13,10-18-4-14-7-21-14)11-19-5-15-8-22-15/h13-15H,2-12H2,1H3. The Hall–Kier alpha value is 0.110. The lowest BCUT2D eigenvalue weighted by Gasteiger charge is -2.32. The Morgan fingerprint density at radius 3 is 1.52 bits per heavy atom. The summed E-state index contributed by atoms with van der Waals surface area (Å²) in [5.74, 6) is 2.04. The highest BCUT2D eigenvalue weighted by Gasteiger charge is 2.35. The van der Waals surface area contributed by atoms with Crippen LogP contribution in [-0.2, 0) is 28.4 Å². The van der Waals surface area contributed by atoms with E-state index in [4.69, 9.17) is 28.4 Å². The monoisotopic (exact) mass is 348 g/mol. The molecule has 0 saturated carbocycles. The molecular weight excluding hydrogens is 320 g/mol. The quantitative estimate of drug-likeness (QED) is 0.409. The van der Waals surface area contributed by atoms with Gasteiger partial charge in [-0.05, 0) is 5.75 Å². The topological polar surface area (TPSA) is 65.3 Å². The van der Waals surface area contributed by atoms with Crippen LogP contribution in [-0.4, -0.2) is 89.3 Å². The first kappa shape index (κ1) is 17.9. The smallest absolute Gasteiger partial charge is 0.104 e. The molecule has 0 spiro atoms. The van der Waals surface area contributed by atoms with Crippen molar-refractivity contribution >= 4 is 11.8 Å². The third-order valence-corrected chi connectivity index (χ3v) is 5.18. The third-order valence-electron chi connectivity index (χ3n) is 3.96. The lowest BCUT2D eigenvalue weighted by Crippen LogP contribution is -2.41. The number of rotatable bonds is 15. The molecule has 3 saturated heterocycles. The van der Waals surface area contributed by atoms with Gasteiger partial charge in [-0.1, -0.05) is 6.92 Å². The maximum absolute atomic E-state index is 5.91. The first-order valence-electron chi connectivity index (χ1n) is 8.45. The van der Waals surface area contributed by atoms with Gasteiger partial charge in [0, 0.05) is 11.2 Å². The second-order valence-electron chi connectivity index (χ2n) is 6.55. The molecule has 0 aliphatic carbocycles. The zero-order chi connectivity index (χ0) is 16.0. The van der Waals surface area contributed by atoms with E-state index in [1.807, 2.05) is 11.8 Å². The van der Waals surface area contributed by atoms with Crippen LogP contribution in [0, 0.1) is 5.41 Å². The van der Waals surface area contributed by atoms with Crippen molar-refractivity contribution in [2.45, 2.75) is 25.2 Å². The molecule has 3 heterocycles. The molecule has 0 aromatic carbocycles. The van der Waals surface area contributed by atoms with Gasteiger partial charge in [-0.25, -0.2) is 0 Å². The van der Waals surface area contributed by atoms with E-state index < -0.39 is 0 Å². The van der Waals surface area contributed by atoms with Gasteiger partial charge in [0.05, 0.1) is 59.5 Å². The largest absolute Gasteiger partial charge is 0.378 e. The summed E-state index contributed by atoms with van der Waals surface area (Å²) in [5, 5.41) is 0. The number of hydrogen-bond acceptors (Lipinski definition) is 7. The van der Waals surface area contributed by atoms with Gasteiger partial charge in [0.15, 0.2) is 0 Å². The van der Waals surface area contributed by atoms with Crippen LogP contribution in [0.2, 0.25) is 0 Å². The molecular formula is C16H28O6S. The first-order chi connectivity index (χ1) is 11.3. The van der Waals surface area contributed by atoms with E-state index in [2.05, 4.69) is 6.92 Å². The molecule has 3 atom stereocenters. The van der Waals surface area contributed by atoms with Crippen LogP contribution >= 0.6 is 11.8 Å². The fraction of sp³-hybridized carbons (Fsp3) is 1.00. The van der Waals surface area contributed by atoms with Crippen LogP contribution in [0.4, 0.5) is 0 Å². The Balaban J connectivity index is 1.47. The summed E-state index contributed by atoms with van der Waals surface area (Å²) < 4.78 is 33.4. The number of epoxide rings is 3. The van der Waals surface area contributed by atoms with Crippen molar-refractivity contribution in [2.24, 2.45) is 5.41 Å². The normalized spacial score (nSPS) is 30.9. The van der Waals surface area contributed by atoms with Gasteiger partial charge in [-0.15, -0.1) is 0 Å². The van der Waals surface area contributed by atoms with Crippen LogP contribution in [0.3, 0.4) is 0 Å². The van der Waals surface area contributed by atoms with Crippen LogP contribution in [0.1, 0.15) is 6.92 Å². The Morgan fingerprint density at radius 2 is 1.22 bits per heavy atom. The summed E-state index contributed by atoms with van der Waals surface area (Å²) in [5.41, 5.74) is -0.126. The Kier molecular flexibility index (Phi) is 7.00. The van der Waals surface area contributed by atoms with E-state index >= 15 is 0 Å². The van der Waals surface area contributed by atoms with E-state index in [0.29, 0.717) is 39.6 Å². The van der Waals surface area contributed by atoms with Crippen LogP contribution in [0.15, 0.2) is 0 Å². The Bertz CT molecular complexity index is 298. The molecule has 7 heteroatoms. The maximum Gasteiger partial charge on any atom is 0.104 e. The van der Waals surface area contributed by atoms with Crippen LogP contribution < -0.4 is 0 Å². The van der Waals surface area contributed by atoms with Gasteiger partial charge in [-0.3, -0.25) is 0 Å². The van der Waals surface area contributed by atoms with Crippen molar-refractivity contribution in [3.05, 3.63) is 0 Å². The van der Waals surface area contributed by atoms with Gasteiger partial charge in [0.2, 0.25) is 0 Å². The molecule has 0 aromatic rings. The number of thioether (sulfide) groups is 1. The lowest BCUT2D eigenvalue weighted by molar-refractivity contribution is -0.0624. The SMILES string of the molecule is CCSCC(COCC1CO1)(COCC1CO1)COCC1CO1. The summed E-state index contributed by atoms with van der Waals surface area (Å²) in [6.45, 7) is 8.53. The average molecular weight is 348 g/mol. The fourth-order valence-electron chi connectivity index (χ4n) is 2.28. The van der Waals surface area contributed by atoms with Crippen molar-refractivity contribution in [3.63, 3.8) is 0 Å². The molecule has 0 bridgehead atoms. The van der Waals surface area contributed by atoms with Crippen molar-refractivity contribution < 1.29 is 28.4 Å². The minimum Gasteiger partial charge on any atom is -0.378 e. The molecule has 3 unspecified atom stereocenters. The summed E-state index contributed by atoms with van der Waals surface area (Å²) >= 11 is 1.90. The lowest BCUT2D eigenvalue weighted by atomic mass is 9.93. The summed E-state index contributed by atoms with van der Waals surface area (Å²) in [7, 11) is 0. The molecule has 0 amide bonds. The first-order valence-corrected chi connectivity index (χ1v) is 9.61. The number of ether oxygens (including phenoxy) is 6. The van der Waals surface area contributed by atoms with E-state index in [0.717, 1.165) is 31.3 Å². The highest BCUT2D eigenvalue weighted by molar-refractivity contribution is 7.99. The summed E-state index contributed by atoms with van der Waals surface area (Å²) in [6, 6.07) is 0. The van der Waals surface area contributed by atoms with E-state index in [9.17, 15) is 0 Å². The highest BCUT2D eigenvalue weighted by atomic mass is 32.2.